The molecule has 35 heavy (non-hydrogen) atoms. The molecule has 7 nitrogen and oxygen atoms in total. The third-order valence-corrected chi connectivity index (χ3v) is 7.72. The molecule has 2 aliphatic heterocycles. The van der Waals surface area contributed by atoms with Crippen LogP contribution >= 0.6 is 0 Å². The molecule has 1 aromatic carbocycles. The third kappa shape index (κ3) is 4.72. The van der Waals surface area contributed by atoms with Crippen LogP contribution in [0, 0.1) is 5.82 Å². The third-order valence-electron chi connectivity index (χ3n) is 7.72. The molecule has 1 saturated carbocycles. The summed E-state index contributed by atoms with van der Waals surface area (Å²) in [6.45, 7) is 3.30. The summed E-state index contributed by atoms with van der Waals surface area (Å²) in [5, 5.41) is 0. The van der Waals surface area contributed by atoms with Gasteiger partial charge in [0, 0.05) is 64.0 Å². The van der Waals surface area contributed by atoms with Gasteiger partial charge in [0.05, 0.1) is 5.41 Å². The van der Waals surface area contributed by atoms with E-state index in [1.54, 1.807) is 23.2 Å². The van der Waals surface area contributed by atoms with Crippen molar-refractivity contribution in [2.75, 3.05) is 26.2 Å². The molecule has 2 saturated heterocycles. The summed E-state index contributed by atoms with van der Waals surface area (Å²) in [6, 6.07) is 9.67. The van der Waals surface area contributed by atoms with E-state index in [-0.39, 0.29) is 36.6 Å². The number of hydrogen-bond donors (Lipinski definition) is 0. The van der Waals surface area contributed by atoms with Crippen LogP contribution in [0.15, 0.2) is 48.8 Å². The number of carbonyl (C=O) groups is 3. The number of imide groups is 1. The van der Waals surface area contributed by atoms with Gasteiger partial charge in [-0.2, -0.15) is 0 Å². The maximum absolute atomic E-state index is 14.2. The fourth-order valence-corrected chi connectivity index (χ4v) is 5.82. The van der Waals surface area contributed by atoms with Gasteiger partial charge in [0.1, 0.15) is 5.82 Å². The molecule has 3 fully saturated rings. The fraction of sp³-hybridized carbons (Fsp3) is 0.481. The number of benzene rings is 1. The number of piperazine rings is 1. The smallest absolute Gasteiger partial charge is 0.241 e. The predicted octanol–water partition coefficient (Wildman–Crippen LogP) is 2.89. The molecule has 184 valence electrons. The molecule has 0 radical (unpaired) electrons. The second-order valence-corrected chi connectivity index (χ2v) is 9.97. The van der Waals surface area contributed by atoms with Crippen LogP contribution in [0.5, 0.6) is 0 Å². The first kappa shape index (κ1) is 23.6. The minimum atomic E-state index is -1.34. The van der Waals surface area contributed by atoms with Crippen molar-refractivity contribution in [2.45, 2.75) is 56.5 Å². The van der Waals surface area contributed by atoms with E-state index in [9.17, 15) is 18.8 Å². The summed E-state index contributed by atoms with van der Waals surface area (Å²) in [6.07, 6.45) is 6.95. The van der Waals surface area contributed by atoms with Gasteiger partial charge < -0.3 is 4.90 Å². The van der Waals surface area contributed by atoms with Crippen molar-refractivity contribution in [3.63, 3.8) is 0 Å². The Morgan fingerprint density at radius 3 is 2.51 bits per heavy atom. The Kier molecular flexibility index (Phi) is 6.65. The fourth-order valence-electron chi connectivity index (χ4n) is 5.82. The molecule has 3 amide bonds. The Morgan fingerprint density at radius 1 is 1.06 bits per heavy atom. The predicted molar refractivity (Wildman–Crippen MR) is 128 cm³/mol. The van der Waals surface area contributed by atoms with Gasteiger partial charge in [-0.3, -0.25) is 29.2 Å². The minimum Gasteiger partial charge on any atom is -0.340 e. The second-order valence-electron chi connectivity index (χ2n) is 9.97. The number of pyridine rings is 1. The first-order valence-electron chi connectivity index (χ1n) is 12.5. The molecule has 0 bridgehead atoms. The number of aromatic nitrogens is 1. The Bertz CT molecular complexity index is 1100. The van der Waals surface area contributed by atoms with E-state index in [1.165, 1.54) is 17.0 Å². The molecule has 1 unspecified atom stereocenters. The van der Waals surface area contributed by atoms with Crippen molar-refractivity contribution < 1.29 is 18.8 Å². The molecular weight excluding hydrogens is 447 g/mol. The van der Waals surface area contributed by atoms with E-state index < -0.39 is 11.2 Å². The van der Waals surface area contributed by atoms with E-state index in [0.29, 0.717) is 31.7 Å². The summed E-state index contributed by atoms with van der Waals surface area (Å²) in [4.78, 5) is 50.0. The maximum atomic E-state index is 14.2. The lowest BCUT2D eigenvalue weighted by Gasteiger charge is -2.37. The second kappa shape index (κ2) is 9.85. The molecule has 3 aliphatic rings. The number of hydrogen-bond acceptors (Lipinski definition) is 5. The Labute approximate surface area is 204 Å². The lowest BCUT2D eigenvalue weighted by atomic mass is 9.75. The van der Waals surface area contributed by atoms with Crippen LogP contribution in [0.4, 0.5) is 4.39 Å². The zero-order valence-electron chi connectivity index (χ0n) is 19.9. The number of halogens is 1. The summed E-state index contributed by atoms with van der Waals surface area (Å²) in [7, 11) is 0. The van der Waals surface area contributed by atoms with Crippen LogP contribution in [-0.4, -0.2) is 69.6 Å². The molecule has 0 N–H and O–H groups in total. The molecular formula is C27H31FN4O3. The van der Waals surface area contributed by atoms with Crippen molar-refractivity contribution >= 4 is 17.7 Å². The van der Waals surface area contributed by atoms with Gasteiger partial charge in [0.25, 0.3) is 0 Å². The van der Waals surface area contributed by atoms with Crippen LogP contribution in [0.25, 0.3) is 0 Å². The topological polar surface area (TPSA) is 73.8 Å². The Hall–Kier alpha value is -3.13. The van der Waals surface area contributed by atoms with Gasteiger partial charge in [0.15, 0.2) is 0 Å². The zero-order valence-corrected chi connectivity index (χ0v) is 19.9. The summed E-state index contributed by atoms with van der Waals surface area (Å²) < 4.78 is 14.2. The summed E-state index contributed by atoms with van der Waals surface area (Å²) >= 11 is 0. The minimum absolute atomic E-state index is 0.0848. The van der Waals surface area contributed by atoms with Crippen LogP contribution in [-0.2, 0) is 26.3 Å². The van der Waals surface area contributed by atoms with Gasteiger partial charge in [0.2, 0.25) is 17.7 Å². The summed E-state index contributed by atoms with van der Waals surface area (Å²) in [5.74, 6) is -1.23. The highest BCUT2D eigenvalue weighted by Gasteiger charge is 2.56. The largest absolute Gasteiger partial charge is 0.340 e. The van der Waals surface area contributed by atoms with Crippen LogP contribution in [0.2, 0.25) is 0 Å². The first-order valence-corrected chi connectivity index (χ1v) is 12.5. The average molecular weight is 479 g/mol. The van der Waals surface area contributed by atoms with Gasteiger partial charge >= 0.3 is 0 Å². The molecule has 0 spiro atoms. The number of nitrogens with zero attached hydrogens (tertiary/aromatic N) is 4. The lowest BCUT2D eigenvalue weighted by Crippen LogP contribution is -2.51. The van der Waals surface area contributed by atoms with Crippen molar-refractivity contribution in [2.24, 2.45) is 0 Å². The number of rotatable bonds is 6. The van der Waals surface area contributed by atoms with Crippen molar-refractivity contribution in [3.05, 3.63) is 65.7 Å². The Morgan fingerprint density at radius 2 is 1.83 bits per heavy atom. The maximum Gasteiger partial charge on any atom is 0.241 e. The van der Waals surface area contributed by atoms with E-state index >= 15 is 0 Å². The van der Waals surface area contributed by atoms with Crippen LogP contribution < -0.4 is 0 Å². The molecule has 1 atom stereocenters. The van der Waals surface area contributed by atoms with Crippen LogP contribution in [0.3, 0.4) is 0 Å². The van der Waals surface area contributed by atoms with Gasteiger partial charge in [-0.25, -0.2) is 4.39 Å². The molecule has 1 aromatic heterocycles. The highest BCUT2D eigenvalue weighted by molar-refractivity contribution is 6.11. The monoisotopic (exact) mass is 478 g/mol. The molecule has 5 rings (SSSR count). The van der Waals surface area contributed by atoms with Gasteiger partial charge in [-0.1, -0.05) is 31.0 Å². The Balaban J connectivity index is 1.33. The average Bonchev–Trinajstić information content (AvgIpc) is 3.47. The molecule has 1 aliphatic carbocycles. The molecule has 3 heterocycles. The van der Waals surface area contributed by atoms with Gasteiger partial charge in [-0.15, -0.1) is 0 Å². The van der Waals surface area contributed by atoms with Crippen molar-refractivity contribution in [1.82, 2.24) is 19.7 Å². The highest BCUT2D eigenvalue weighted by Crippen LogP contribution is 2.43. The SMILES string of the molecule is O=C(CC1(c2cccc(F)c2)CC(=O)N(C2CCCC2)C1=O)N1CCN(Cc2cccnc2)CC1. The van der Waals surface area contributed by atoms with E-state index in [4.69, 9.17) is 0 Å². The number of carbonyl (C=O) groups excluding carboxylic acids is 3. The van der Waals surface area contributed by atoms with E-state index in [0.717, 1.165) is 37.8 Å². The first-order chi connectivity index (χ1) is 17.0. The highest BCUT2D eigenvalue weighted by atomic mass is 19.1. The standard InChI is InChI=1S/C27H31FN4O3/c28-22-7-3-6-21(15-22)27(17-25(34)32(26(27)35)23-8-1-2-9-23)16-24(33)31-13-11-30(12-14-31)19-20-5-4-10-29-18-20/h3-7,10,15,18,23H,1-2,8-9,11-14,16-17,19H2. The number of likely N-dealkylation sites (tertiary alicyclic amines) is 1. The quantitative estimate of drug-likeness (QED) is 0.597. The van der Waals surface area contributed by atoms with Gasteiger partial charge in [-0.05, 0) is 42.2 Å². The van der Waals surface area contributed by atoms with Crippen molar-refractivity contribution in [1.29, 1.82) is 0 Å². The summed E-state index contributed by atoms with van der Waals surface area (Å²) in [5.41, 5.74) is 0.199. The van der Waals surface area contributed by atoms with Crippen LogP contribution in [0.1, 0.15) is 49.7 Å². The van der Waals surface area contributed by atoms with Crippen molar-refractivity contribution in [3.8, 4) is 0 Å². The normalized spacial score (nSPS) is 23.9. The molecule has 2 aromatic rings. The molecule has 8 heteroatoms. The lowest BCUT2D eigenvalue weighted by molar-refractivity contribution is -0.145. The zero-order chi connectivity index (χ0) is 24.4. The van der Waals surface area contributed by atoms with E-state index in [1.807, 2.05) is 18.3 Å². The number of amides is 3. The van der Waals surface area contributed by atoms with E-state index in [2.05, 4.69) is 9.88 Å².